The lowest BCUT2D eigenvalue weighted by Gasteiger charge is -2.67. The minimum atomic E-state index is -1.18. The van der Waals surface area contributed by atoms with Crippen molar-refractivity contribution in [1.82, 2.24) is 0 Å². The van der Waals surface area contributed by atoms with Crippen molar-refractivity contribution in [1.29, 1.82) is 0 Å². The van der Waals surface area contributed by atoms with Crippen molar-refractivity contribution >= 4 is 17.9 Å². The highest BCUT2D eigenvalue weighted by molar-refractivity contribution is 5.88. The number of ether oxygens (including phenoxy) is 3. The van der Waals surface area contributed by atoms with Gasteiger partial charge in [0.15, 0.2) is 0 Å². The van der Waals surface area contributed by atoms with Gasteiger partial charge in [0.1, 0.15) is 18.0 Å². The average Bonchev–Trinajstić information content (AvgIpc) is 3.02. The van der Waals surface area contributed by atoms with Gasteiger partial charge in [-0.1, -0.05) is 27.7 Å². The molecule has 7 nitrogen and oxygen atoms in total. The van der Waals surface area contributed by atoms with Crippen LogP contribution in [0, 0.1) is 28.6 Å². The Morgan fingerprint density at radius 1 is 1.16 bits per heavy atom. The maximum Gasteiger partial charge on any atom is 0.336 e. The summed E-state index contributed by atoms with van der Waals surface area (Å²) < 4.78 is 16.9. The number of hydrogen-bond acceptors (Lipinski definition) is 7. The van der Waals surface area contributed by atoms with Gasteiger partial charge in [0.2, 0.25) is 0 Å². The molecule has 7 atom stereocenters. The van der Waals surface area contributed by atoms with Crippen LogP contribution in [-0.4, -0.2) is 40.8 Å². The molecule has 1 aliphatic heterocycles. The lowest BCUT2D eigenvalue weighted by Crippen LogP contribution is -2.74. The Balaban J connectivity index is 1.90. The second-order valence-corrected chi connectivity index (χ2v) is 10.5. The first-order chi connectivity index (χ1) is 14.3. The molecule has 0 aromatic carbocycles. The highest BCUT2D eigenvalue weighted by atomic mass is 16.6. The Labute approximate surface area is 182 Å². The number of hydrogen-bond donors (Lipinski definition) is 1. The van der Waals surface area contributed by atoms with E-state index >= 15 is 0 Å². The van der Waals surface area contributed by atoms with E-state index in [2.05, 4.69) is 6.92 Å². The second-order valence-electron chi connectivity index (χ2n) is 10.5. The first kappa shape index (κ1) is 22.1. The standard InChI is InChI=1S/C24H32O7/c1-12-15-7-8-24(28)22(4,5)11-19(29-13(2)25)21(30-14(3)26)23(24,6)17(15)10-18-16(12)9-20(27)31-18/h9-10,12,15,17,19,21,28H,7-8,11H2,1-6H3. The van der Waals surface area contributed by atoms with Crippen molar-refractivity contribution in [2.45, 2.75) is 78.6 Å². The molecule has 0 saturated heterocycles. The molecule has 4 aliphatic rings. The Morgan fingerprint density at radius 3 is 2.42 bits per heavy atom. The van der Waals surface area contributed by atoms with E-state index in [9.17, 15) is 19.5 Å². The van der Waals surface area contributed by atoms with E-state index in [-0.39, 0.29) is 23.7 Å². The van der Waals surface area contributed by atoms with Crippen molar-refractivity contribution in [2.75, 3.05) is 0 Å². The van der Waals surface area contributed by atoms with Crippen molar-refractivity contribution < 1.29 is 33.7 Å². The topological polar surface area (TPSA) is 99.1 Å². The smallest absolute Gasteiger partial charge is 0.336 e. The van der Waals surface area contributed by atoms with Crippen LogP contribution in [0.3, 0.4) is 0 Å². The Hall–Kier alpha value is -2.15. The van der Waals surface area contributed by atoms with Crippen LogP contribution in [-0.2, 0) is 28.6 Å². The number of carbonyl (C=O) groups is 3. The van der Waals surface area contributed by atoms with Crippen LogP contribution < -0.4 is 0 Å². The SMILES string of the molecule is CC(=O)OC1CC(C)(C)C2(O)CCC3C(C)C4=CC(=O)OC4=CC3C2(C)C1OC(C)=O. The predicted molar refractivity (Wildman–Crippen MR) is 110 cm³/mol. The molecule has 1 heterocycles. The van der Waals surface area contributed by atoms with Crippen LogP contribution in [0.5, 0.6) is 0 Å². The molecule has 2 fully saturated rings. The fourth-order valence-corrected chi connectivity index (χ4v) is 7.03. The summed E-state index contributed by atoms with van der Waals surface area (Å²) in [5.41, 5.74) is -1.85. The summed E-state index contributed by atoms with van der Waals surface area (Å²) in [5.74, 6) is -0.862. The molecule has 0 amide bonds. The first-order valence-electron chi connectivity index (χ1n) is 11.0. The highest BCUT2D eigenvalue weighted by Crippen LogP contribution is 2.67. The summed E-state index contributed by atoms with van der Waals surface area (Å²) in [5, 5.41) is 12.2. The Bertz CT molecular complexity index is 900. The summed E-state index contributed by atoms with van der Waals surface area (Å²) in [6, 6.07) is 0. The molecule has 0 bridgehead atoms. The van der Waals surface area contributed by atoms with Gasteiger partial charge in [-0.25, -0.2) is 4.79 Å². The third-order valence-electron chi connectivity index (χ3n) is 8.49. The number of carbonyl (C=O) groups excluding carboxylic acids is 3. The van der Waals surface area contributed by atoms with Crippen molar-refractivity contribution in [2.24, 2.45) is 28.6 Å². The van der Waals surface area contributed by atoms with E-state index in [1.165, 1.54) is 13.8 Å². The molecular formula is C24H32O7. The van der Waals surface area contributed by atoms with Crippen LogP contribution >= 0.6 is 0 Å². The molecule has 3 aliphatic carbocycles. The summed E-state index contributed by atoms with van der Waals surface area (Å²) in [6.07, 6.45) is 3.63. The third-order valence-corrected chi connectivity index (χ3v) is 8.49. The van der Waals surface area contributed by atoms with Crippen molar-refractivity contribution in [3.8, 4) is 0 Å². The molecule has 1 N–H and O–H groups in total. The minimum absolute atomic E-state index is 0.0491. The molecule has 0 aromatic rings. The van der Waals surface area contributed by atoms with E-state index in [4.69, 9.17) is 14.2 Å². The van der Waals surface area contributed by atoms with Crippen LogP contribution in [0.15, 0.2) is 23.5 Å². The summed E-state index contributed by atoms with van der Waals surface area (Å²) in [4.78, 5) is 36.0. The zero-order valence-corrected chi connectivity index (χ0v) is 19.1. The van der Waals surface area contributed by atoms with Gasteiger partial charge in [-0.2, -0.15) is 0 Å². The fraction of sp³-hybridized carbons (Fsp3) is 0.708. The van der Waals surface area contributed by atoms with E-state index in [0.717, 1.165) is 12.0 Å². The van der Waals surface area contributed by atoms with Crippen molar-refractivity contribution in [3.05, 3.63) is 23.5 Å². The molecule has 0 spiro atoms. The lowest BCUT2D eigenvalue weighted by atomic mass is 9.40. The quantitative estimate of drug-likeness (QED) is 0.529. The monoisotopic (exact) mass is 432 g/mol. The van der Waals surface area contributed by atoms with Crippen LogP contribution in [0.2, 0.25) is 0 Å². The normalized spacial score (nSPS) is 42.8. The second kappa shape index (κ2) is 6.92. The van der Waals surface area contributed by atoms with Crippen LogP contribution in [0.1, 0.15) is 60.8 Å². The average molecular weight is 433 g/mol. The van der Waals surface area contributed by atoms with Gasteiger partial charge in [0.25, 0.3) is 0 Å². The third kappa shape index (κ3) is 2.99. The zero-order valence-electron chi connectivity index (χ0n) is 19.1. The fourth-order valence-electron chi connectivity index (χ4n) is 7.03. The number of allylic oxidation sites excluding steroid dienone is 2. The Kier molecular flexibility index (Phi) is 4.93. The number of aliphatic hydroxyl groups is 1. The lowest BCUT2D eigenvalue weighted by molar-refractivity contribution is -0.297. The van der Waals surface area contributed by atoms with Gasteiger partial charge in [0.05, 0.1) is 5.60 Å². The largest absolute Gasteiger partial charge is 0.459 e. The van der Waals surface area contributed by atoms with Gasteiger partial charge in [-0.05, 0) is 48.5 Å². The van der Waals surface area contributed by atoms with Crippen LogP contribution in [0.4, 0.5) is 0 Å². The predicted octanol–water partition coefficient (Wildman–Crippen LogP) is 3.06. The first-order valence-corrected chi connectivity index (χ1v) is 11.0. The zero-order chi connectivity index (χ0) is 22.9. The highest BCUT2D eigenvalue weighted by Gasteiger charge is 2.72. The molecule has 4 rings (SSSR count). The molecular weight excluding hydrogens is 400 g/mol. The summed E-state index contributed by atoms with van der Waals surface area (Å²) >= 11 is 0. The Morgan fingerprint density at radius 2 is 1.81 bits per heavy atom. The summed E-state index contributed by atoms with van der Waals surface area (Å²) in [6.45, 7) is 10.6. The minimum Gasteiger partial charge on any atom is -0.459 e. The summed E-state index contributed by atoms with van der Waals surface area (Å²) in [7, 11) is 0. The number of rotatable bonds is 2. The van der Waals surface area contributed by atoms with Gasteiger partial charge >= 0.3 is 17.9 Å². The number of esters is 3. The van der Waals surface area contributed by atoms with Gasteiger partial charge in [-0.15, -0.1) is 0 Å². The maximum absolute atomic E-state index is 12.2. The van der Waals surface area contributed by atoms with Gasteiger partial charge < -0.3 is 19.3 Å². The molecule has 2 saturated carbocycles. The molecule has 0 aromatic heterocycles. The van der Waals surface area contributed by atoms with E-state index < -0.39 is 40.6 Å². The molecule has 7 heteroatoms. The molecule has 31 heavy (non-hydrogen) atoms. The maximum atomic E-state index is 12.2. The van der Waals surface area contributed by atoms with Gasteiger partial charge in [0, 0.05) is 30.9 Å². The van der Waals surface area contributed by atoms with Crippen LogP contribution in [0.25, 0.3) is 0 Å². The molecule has 170 valence electrons. The van der Waals surface area contributed by atoms with Crippen molar-refractivity contribution in [3.63, 3.8) is 0 Å². The molecule has 0 radical (unpaired) electrons. The van der Waals surface area contributed by atoms with E-state index in [1.807, 2.05) is 26.8 Å². The van der Waals surface area contributed by atoms with E-state index in [1.54, 1.807) is 6.08 Å². The van der Waals surface area contributed by atoms with Gasteiger partial charge in [-0.3, -0.25) is 9.59 Å². The van der Waals surface area contributed by atoms with E-state index in [0.29, 0.717) is 18.6 Å². The number of fused-ring (bicyclic) bond motifs is 4. The molecule has 7 unspecified atom stereocenters.